The maximum Gasteiger partial charge on any atom is 0.340 e. The standard InChI is InChI=1S/C21H25ClN4O9P2/c22-21-24-20(23-13-6-5-11-3-1-2-4-12(11)13)15-8-7-14(26(15)25-21)19-18(28)17(27)16(35-19)9-34-37(32,33)10-36(29,30)31/h1-4,7-8,13,16-19,27-28H,5-6,9-10H2,(H,32,33)(H,23,24,25)(H2,29,30,31)/t13?,16-,17-,18-,19+/m1/s1. The van der Waals surface area contributed by atoms with Gasteiger partial charge in [0.2, 0.25) is 5.28 Å². The van der Waals surface area contributed by atoms with Crippen molar-refractivity contribution in [3.05, 3.63) is 58.5 Å². The zero-order valence-corrected chi connectivity index (χ0v) is 21.7. The number of benzene rings is 1. The second kappa shape index (κ2) is 10.0. The van der Waals surface area contributed by atoms with E-state index in [0.29, 0.717) is 17.0 Å². The van der Waals surface area contributed by atoms with Gasteiger partial charge < -0.3 is 39.5 Å². The highest BCUT2D eigenvalue weighted by Crippen LogP contribution is 2.55. The Balaban J connectivity index is 1.37. The summed E-state index contributed by atoms with van der Waals surface area (Å²) in [6, 6.07) is 11.5. The van der Waals surface area contributed by atoms with Crippen molar-refractivity contribution in [2.75, 3.05) is 17.8 Å². The first-order valence-corrected chi connectivity index (χ1v) is 15.3. The monoisotopic (exact) mass is 574 g/mol. The average molecular weight is 575 g/mol. The number of nitrogens with one attached hydrogen (secondary N) is 1. The van der Waals surface area contributed by atoms with Crippen LogP contribution in [0.5, 0.6) is 0 Å². The van der Waals surface area contributed by atoms with Crippen molar-refractivity contribution in [3.63, 3.8) is 0 Å². The summed E-state index contributed by atoms with van der Waals surface area (Å²) >= 11 is 6.21. The first-order valence-electron chi connectivity index (χ1n) is 11.3. The van der Waals surface area contributed by atoms with Gasteiger partial charge in [0.05, 0.1) is 18.3 Å². The van der Waals surface area contributed by atoms with Crippen LogP contribution in [-0.4, -0.2) is 70.3 Å². The predicted molar refractivity (Wildman–Crippen MR) is 131 cm³/mol. The van der Waals surface area contributed by atoms with E-state index in [1.165, 1.54) is 15.6 Å². The lowest BCUT2D eigenvalue weighted by atomic mass is 10.1. The third-order valence-corrected chi connectivity index (χ3v) is 10.0. The highest BCUT2D eigenvalue weighted by Gasteiger charge is 2.46. The predicted octanol–water partition coefficient (Wildman–Crippen LogP) is 1.98. The third-order valence-electron chi connectivity index (χ3n) is 6.42. The van der Waals surface area contributed by atoms with Crippen LogP contribution in [0.15, 0.2) is 36.4 Å². The maximum absolute atomic E-state index is 12.0. The summed E-state index contributed by atoms with van der Waals surface area (Å²) in [7, 11) is -9.49. The molecule has 0 spiro atoms. The van der Waals surface area contributed by atoms with Crippen LogP contribution in [0.25, 0.3) is 5.52 Å². The molecule has 200 valence electrons. The molecule has 37 heavy (non-hydrogen) atoms. The van der Waals surface area contributed by atoms with Gasteiger partial charge in [-0.2, -0.15) is 4.98 Å². The van der Waals surface area contributed by atoms with Crippen LogP contribution < -0.4 is 5.32 Å². The summed E-state index contributed by atoms with van der Waals surface area (Å²) in [5.41, 5.74) is 3.31. The number of aromatic nitrogens is 3. The lowest BCUT2D eigenvalue weighted by Crippen LogP contribution is -2.33. The van der Waals surface area contributed by atoms with E-state index in [-0.39, 0.29) is 11.3 Å². The fraction of sp³-hybridized carbons (Fsp3) is 0.429. The second-order valence-electron chi connectivity index (χ2n) is 9.03. The molecule has 3 heterocycles. The number of aliphatic hydroxyl groups is 2. The Morgan fingerprint density at radius 1 is 1.14 bits per heavy atom. The molecular formula is C21H25ClN4O9P2. The van der Waals surface area contributed by atoms with E-state index in [1.54, 1.807) is 12.1 Å². The maximum atomic E-state index is 12.0. The van der Waals surface area contributed by atoms with E-state index in [1.807, 2.05) is 12.1 Å². The highest BCUT2D eigenvalue weighted by molar-refractivity contribution is 7.70. The molecule has 2 unspecified atom stereocenters. The molecule has 1 aliphatic carbocycles. The van der Waals surface area contributed by atoms with Gasteiger partial charge in [-0.1, -0.05) is 24.3 Å². The molecule has 13 nitrogen and oxygen atoms in total. The second-order valence-corrected chi connectivity index (χ2v) is 13.4. The molecule has 0 saturated carbocycles. The Kier molecular flexibility index (Phi) is 7.23. The lowest BCUT2D eigenvalue weighted by Gasteiger charge is -2.18. The molecule has 0 bridgehead atoms. The molecule has 6 atom stereocenters. The van der Waals surface area contributed by atoms with Gasteiger partial charge in [0.1, 0.15) is 29.9 Å². The van der Waals surface area contributed by atoms with Crippen LogP contribution in [-0.2, 0) is 24.8 Å². The van der Waals surface area contributed by atoms with Gasteiger partial charge in [-0.3, -0.25) is 9.13 Å². The van der Waals surface area contributed by atoms with Crippen LogP contribution in [0.2, 0.25) is 5.28 Å². The van der Waals surface area contributed by atoms with Gasteiger partial charge in [-0.05, 0) is 47.7 Å². The molecule has 2 aliphatic rings. The molecule has 16 heteroatoms. The summed E-state index contributed by atoms with van der Waals surface area (Å²) in [5, 5.41) is 28.7. The normalized spacial score (nSPS) is 27.4. The summed E-state index contributed by atoms with van der Waals surface area (Å²) in [5.74, 6) is -0.908. The van der Waals surface area contributed by atoms with E-state index >= 15 is 0 Å². The van der Waals surface area contributed by atoms with Crippen molar-refractivity contribution in [1.82, 2.24) is 14.6 Å². The van der Waals surface area contributed by atoms with Gasteiger partial charge in [0, 0.05) is 0 Å². The fourth-order valence-corrected chi connectivity index (χ4v) is 7.51. The number of aryl methyl sites for hydroxylation is 1. The number of ether oxygens (including phenoxy) is 1. The van der Waals surface area contributed by atoms with Crippen molar-refractivity contribution in [1.29, 1.82) is 0 Å². The Morgan fingerprint density at radius 2 is 1.89 bits per heavy atom. The Hall–Kier alpha value is -1.89. The molecule has 3 aromatic rings. The molecular weight excluding hydrogens is 550 g/mol. The van der Waals surface area contributed by atoms with Crippen LogP contribution in [0.1, 0.15) is 35.4 Å². The Morgan fingerprint density at radius 3 is 2.65 bits per heavy atom. The minimum atomic E-state index is -4.82. The van der Waals surface area contributed by atoms with Gasteiger partial charge in [0.25, 0.3) is 0 Å². The Labute approximate surface area is 215 Å². The number of aliphatic hydroxyl groups excluding tert-OH is 2. The van der Waals surface area contributed by atoms with Crippen molar-refractivity contribution < 1.29 is 43.3 Å². The van der Waals surface area contributed by atoms with Gasteiger partial charge in [0.15, 0.2) is 11.7 Å². The summed E-state index contributed by atoms with van der Waals surface area (Å²) in [6.45, 7) is -0.685. The fourth-order valence-electron chi connectivity index (χ4n) is 4.78. The number of rotatable bonds is 8. The lowest BCUT2D eigenvalue weighted by molar-refractivity contribution is -0.0203. The molecule has 1 saturated heterocycles. The van der Waals surface area contributed by atoms with Crippen molar-refractivity contribution >= 4 is 38.1 Å². The first kappa shape index (κ1) is 26.7. The van der Waals surface area contributed by atoms with Crippen LogP contribution in [0, 0.1) is 0 Å². The van der Waals surface area contributed by atoms with Crippen molar-refractivity contribution in [2.45, 2.75) is 43.3 Å². The molecule has 5 rings (SSSR count). The zero-order chi connectivity index (χ0) is 26.5. The number of nitrogens with zero attached hydrogens (tertiary/aromatic N) is 3. The van der Waals surface area contributed by atoms with E-state index in [4.69, 9.17) is 30.6 Å². The van der Waals surface area contributed by atoms with Gasteiger partial charge in [-0.25, -0.2) is 4.52 Å². The number of halogens is 1. The van der Waals surface area contributed by atoms with Gasteiger partial charge in [-0.15, -0.1) is 5.10 Å². The summed E-state index contributed by atoms with van der Waals surface area (Å²) in [4.78, 5) is 31.9. The molecule has 1 aliphatic heterocycles. The molecule has 0 radical (unpaired) electrons. The van der Waals surface area contributed by atoms with Gasteiger partial charge >= 0.3 is 15.2 Å². The molecule has 1 fully saturated rings. The minimum absolute atomic E-state index is 0.0170. The summed E-state index contributed by atoms with van der Waals surface area (Å²) < 4.78 is 34.9. The molecule has 1 aromatic carbocycles. The number of hydrogen-bond acceptors (Lipinski definition) is 9. The van der Waals surface area contributed by atoms with Crippen molar-refractivity contribution in [3.8, 4) is 0 Å². The smallest absolute Gasteiger partial charge is 0.340 e. The van der Waals surface area contributed by atoms with E-state index < -0.39 is 52.1 Å². The number of fused-ring (bicyclic) bond motifs is 2. The van der Waals surface area contributed by atoms with E-state index in [9.17, 15) is 24.2 Å². The zero-order valence-electron chi connectivity index (χ0n) is 19.2. The largest absolute Gasteiger partial charge is 0.387 e. The quantitative estimate of drug-likeness (QED) is 0.214. The molecule has 0 amide bonds. The van der Waals surface area contributed by atoms with Crippen molar-refractivity contribution in [2.24, 2.45) is 0 Å². The van der Waals surface area contributed by atoms with E-state index in [0.717, 1.165) is 12.8 Å². The van der Waals surface area contributed by atoms with Crippen LogP contribution >= 0.6 is 26.8 Å². The Bertz CT molecular complexity index is 1420. The van der Waals surface area contributed by atoms with Crippen LogP contribution in [0.3, 0.4) is 0 Å². The summed E-state index contributed by atoms with van der Waals surface area (Å²) in [6.07, 6.45) is -3.55. The molecule has 2 aromatic heterocycles. The third kappa shape index (κ3) is 5.62. The average Bonchev–Trinajstić information content (AvgIpc) is 3.48. The number of anilines is 1. The number of hydrogen-bond donors (Lipinski definition) is 6. The van der Waals surface area contributed by atoms with E-state index in [2.05, 4.69) is 27.5 Å². The molecule has 6 N–H and O–H groups in total. The first-order chi connectivity index (χ1) is 17.4. The van der Waals surface area contributed by atoms with Crippen LogP contribution in [0.4, 0.5) is 5.82 Å². The minimum Gasteiger partial charge on any atom is -0.387 e. The SMILES string of the molecule is O=P(O)(O)CP(=O)(O)OC[C@H]1O[C@@H](c2ccc3c(NC4CCc5ccccc54)nc(Cl)nn23)[C@H](O)[C@@H]1O. The topological polar surface area (TPSA) is 196 Å². The highest BCUT2D eigenvalue weighted by atomic mass is 35.5.